The summed E-state index contributed by atoms with van der Waals surface area (Å²) in [5.74, 6) is -0.521. The van der Waals surface area contributed by atoms with E-state index < -0.39 is 12.1 Å². The van der Waals surface area contributed by atoms with Crippen molar-refractivity contribution in [1.29, 1.82) is 0 Å². The van der Waals surface area contributed by atoms with Gasteiger partial charge in [-0.05, 0) is 37.3 Å². The van der Waals surface area contributed by atoms with E-state index in [0.29, 0.717) is 11.6 Å². The van der Waals surface area contributed by atoms with E-state index in [2.05, 4.69) is 10.3 Å². The lowest BCUT2D eigenvalue weighted by molar-refractivity contribution is -0.131. The maximum atomic E-state index is 12.4. The fourth-order valence-corrected chi connectivity index (χ4v) is 2.81. The largest absolute Gasteiger partial charge is 0.449 e. The molecule has 1 aromatic heterocycles. The number of amides is 1. The molecule has 0 spiro atoms. The molecule has 1 saturated carbocycles. The normalized spacial score (nSPS) is 16.3. The molecule has 1 fully saturated rings. The maximum Gasteiger partial charge on any atom is 0.340 e. The molecule has 1 atom stereocenters. The highest BCUT2D eigenvalue weighted by Crippen LogP contribution is 2.19. The molecule has 2 rings (SSSR count). The first-order valence-corrected chi connectivity index (χ1v) is 8.46. The average molecular weight is 339 g/mol. The third kappa shape index (κ3) is 5.50. The molecule has 0 aromatic carbocycles. The molecule has 1 aromatic rings. The van der Waals surface area contributed by atoms with Gasteiger partial charge in [-0.1, -0.05) is 38.3 Å². The summed E-state index contributed by atoms with van der Waals surface area (Å²) in [5, 5.41) is 3.30. The van der Waals surface area contributed by atoms with Crippen LogP contribution < -0.4 is 5.32 Å². The van der Waals surface area contributed by atoms with E-state index in [-0.39, 0.29) is 23.4 Å². The highest BCUT2D eigenvalue weighted by Gasteiger charge is 2.27. The number of nitrogens with one attached hydrogen (secondary N) is 1. The Morgan fingerprint density at radius 1 is 1.35 bits per heavy atom. The molecule has 1 N–H and O–H groups in total. The number of carbonyl (C=O) groups excluding carboxylic acids is 2. The van der Waals surface area contributed by atoms with Gasteiger partial charge in [-0.15, -0.1) is 0 Å². The van der Waals surface area contributed by atoms with Gasteiger partial charge in [0, 0.05) is 12.2 Å². The minimum Gasteiger partial charge on any atom is -0.449 e. The van der Waals surface area contributed by atoms with Gasteiger partial charge in [0.1, 0.15) is 5.15 Å². The molecule has 23 heavy (non-hydrogen) atoms. The van der Waals surface area contributed by atoms with Crippen LogP contribution in [0.25, 0.3) is 0 Å². The molecule has 0 radical (unpaired) electrons. The van der Waals surface area contributed by atoms with Gasteiger partial charge >= 0.3 is 5.97 Å². The second-order valence-electron chi connectivity index (χ2n) is 6.38. The number of halogens is 1. The smallest absolute Gasteiger partial charge is 0.340 e. The van der Waals surface area contributed by atoms with Gasteiger partial charge < -0.3 is 10.1 Å². The zero-order valence-electron chi connectivity index (χ0n) is 13.5. The van der Waals surface area contributed by atoms with E-state index in [1.807, 2.05) is 13.8 Å². The summed E-state index contributed by atoms with van der Waals surface area (Å²) >= 11 is 5.71. The highest BCUT2D eigenvalue weighted by molar-refractivity contribution is 6.29. The molecule has 0 unspecified atom stereocenters. The third-order valence-corrected chi connectivity index (χ3v) is 4.12. The molecule has 1 aliphatic carbocycles. The molecule has 0 bridgehead atoms. The SMILES string of the molecule is CC(C)C[C@@H](OC(=O)c1ccc(Cl)nc1)C(=O)NC1CCCC1. The van der Waals surface area contributed by atoms with Crippen LogP contribution in [0, 0.1) is 5.92 Å². The minimum atomic E-state index is -0.779. The van der Waals surface area contributed by atoms with Crippen molar-refractivity contribution in [2.75, 3.05) is 0 Å². The number of carbonyl (C=O) groups is 2. The van der Waals surface area contributed by atoms with Crippen LogP contribution >= 0.6 is 11.6 Å². The quantitative estimate of drug-likeness (QED) is 0.638. The number of hydrogen-bond donors (Lipinski definition) is 1. The van der Waals surface area contributed by atoms with E-state index in [0.717, 1.165) is 25.7 Å². The summed E-state index contributed by atoms with van der Waals surface area (Å²) in [7, 11) is 0. The van der Waals surface area contributed by atoms with Crippen molar-refractivity contribution in [2.24, 2.45) is 5.92 Å². The van der Waals surface area contributed by atoms with E-state index >= 15 is 0 Å². The van der Waals surface area contributed by atoms with Gasteiger partial charge in [0.05, 0.1) is 5.56 Å². The first-order chi connectivity index (χ1) is 11.0. The molecule has 1 amide bonds. The molecule has 6 heteroatoms. The Morgan fingerprint density at radius 2 is 2.04 bits per heavy atom. The van der Waals surface area contributed by atoms with E-state index in [4.69, 9.17) is 16.3 Å². The second kappa shape index (κ2) is 8.29. The Balaban J connectivity index is 2.00. The Hall–Kier alpha value is -1.62. The third-order valence-electron chi connectivity index (χ3n) is 3.89. The Morgan fingerprint density at radius 3 is 2.61 bits per heavy atom. The Bertz CT molecular complexity index is 539. The van der Waals surface area contributed by atoms with Crippen LogP contribution in [-0.4, -0.2) is 29.0 Å². The van der Waals surface area contributed by atoms with Crippen LogP contribution in [-0.2, 0) is 9.53 Å². The number of pyridine rings is 1. The summed E-state index contributed by atoms with van der Waals surface area (Å²) in [6, 6.07) is 3.26. The lowest BCUT2D eigenvalue weighted by Crippen LogP contribution is -2.42. The number of nitrogens with zero attached hydrogens (tertiary/aromatic N) is 1. The molecule has 1 heterocycles. The van der Waals surface area contributed by atoms with Crippen LogP contribution in [0.1, 0.15) is 56.3 Å². The van der Waals surface area contributed by atoms with Gasteiger partial charge in [-0.2, -0.15) is 0 Å². The van der Waals surface area contributed by atoms with Crippen LogP contribution in [0.3, 0.4) is 0 Å². The summed E-state index contributed by atoms with van der Waals surface area (Å²) in [4.78, 5) is 28.5. The Kier molecular flexibility index (Phi) is 6.39. The fraction of sp³-hybridized carbons (Fsp3) is 0.588. The standard InChI is InChI=1S/C17H23ClN2O3/c1-11(2)9-14(16(21)20-13-5-3-4-6-13)23-17(22)12-7-8-15(18)19-10-12/h7-8,10-11,13-14H,3-6,9H2,1-2H3,(H,20,21)/t14-/m1/s1. The molecule has 1 aliphatic rings. The summed E-state index contributed by atoms with van der Waals surface area (Å²) < 4.78 is 5.43. The molecule has 126 valence electrons. The maximum absolute atomic E-state index is 12.4. The highest BCUT2D eigenvalue weighted by atomic mass is 35.5. The van der Waals surface area contributed by atoms with E-state index in [1.54, 1.807) is 6.07 Å². The van der Waals surface area contributed by atoms with E-state index in [1.165, 1.54) is 12.3 Å². The zero-order valence-corrected chi connectivity index (χ0v) is 14.3. The van der Waals surface area contributed by atoms with Gasteiger partial charge in [0.2, 0.25) is 0 Å². The summed E-state index contributed by atoms with van der Waals surface area (Å²) in [6.07, 6.45) is 5.33. The van der Waals surface area contributed by atoms with Crippen LogP contribution in [0.2, 0.25) is 5.15 Å². The van der Waals surface area contributed by atoms with Crippen LogP contribution in [0.5, 0.6) is 0 Å². The minimum absolute atomic E-state index is 0.202. The lowest BCUT2D eigenvalue weighted by Gasteiger charge is -2.21. The van der Waals surface area contributed by atoms with Crippen molar-refractivity contribution in [3.05, 3.63) is 29.0 Å². The molecular formula is C17H23ClN2O3. The molecule has 5 nitrogen and oxygen atoms in total. The lowest BCUT2D eigenvalue weighted by atomic mass is 10.0. The summed E-state index contributed by atoms with van der Waals surface area (Å²) in [6.45, 7) is 3.99. The van der Waals surface area contributed by atoms with Crippen molar-refractivity contribution in [3.63, 3.8) is 0 Å². The zero-order chi connectivity index (χ0) is 16.8. The number of rotatable bonds is 6. The monoisotopic (exact) mass is 338 g/mol. The predicted molar refractivity (Wildman–Crippen MR) is 88.3 cm³/mol. The van der Waals surface area contributed by atoms with Gasteiger partial charge in [-0.3, -0.25) is 4.79 Å². The van der Waals surface area contributed by atoms with Crippen molar-refractivity contribution >= 4 is 23.5 Å². The molecule has 0 aliphatic heterocycles. The number of ether oxygens (including phenoxy) is 1. The molecule has 0 saturated heterocycles. The van der Waals surface area contributed by atoms with Crippen LogP contribution in [0.15, 0.2) is 18.3 Å². The van der Waals surface area contributed by atoms with Gasteiger partial charge in [-0.25, -0.2) is 9.78 Å². The summed E-state index contributed by atoms with van der Waals surface area (Å²) in [5.41, 5.74) is 0.289. The first-order valence-electron chi connectivity index (χ1n) is 8.08. The van der Waals surface area contributed by atoms with Gasteiger partial charge in [0.15, 0.2) is 6.10 Å². The van der Waals surface area contributed by atoms with Gasteiger partial charge in [0.25, 0.3) is 5.91 Å². The van der Waals surface area contributed by atoms with Crippen molar-refractivity contribution < 1.29 is 14.3 Å². The predicted octanol–water partition coefficient (Wildman–Crippen LogP) is 3.37. The Labute approximate surface area is 141 Å². The molecular weight excluding hydrogens is 316 g/mol. The van der Waals surface area contributed by atoms with E-state index in [9.17, 15) is 9.59 Å². The first kappa shape index (κ1) is 17.7. The van der Waals surface area contributed by atoms with Crippen molar-refractivity contribution in [3.8, 4) is 0 Å². The van der Waals surface area contributed by atoms with Crippen molar-refractivity contribution in [1.82, 2.24) is 10.3 Å². The second-order valence-corrected chi connectivity index (χ2v) is 6.77. The number of aromatic nitrogens is 1. The number of esters is 1. The average Bonchev–Trinajstić information content (AvgIpc) is 2.99. The number of hydrogen-bond acceptors (Lipinski definition) is 4. The van der Waals surface area contributed by atoms with Crippen LogP contribution in [0.4, 0.5) is 0 Å². The van der Waals surface area contributed by atoms with Crippen molar-refractivity contribution in [2.45, 2.75) is 58.1 Å². The topological polar surface area (TPSA) is 68.3 Å². The fourth-order valence-electron chi connectivity index (χ4n) is 2.69.